The van der Waals surface area contributed by atoms with Gasteiger partial charge in [0.15, 0.2) is 5.16 Å². The van der Waals surface area contributed by atoms with Gasteiger partial charge in [0.25, 0.3) is 0 Å². The van der Waals surface area contributed by atoms with E-state index in [-0.39, 0.29) is 0 Å². The van der Waals surface area contributed by atoms with Crippen LogP contribution < -0.4 is 0 Å². The molecule has 3 nitrogen and oxygen atoms in total. The molecule has 0 aliphatic rings. The third kappa shape index (κ3) is 1.27. The minimum absolute atomic E-state index is 0.826. The third-order valence-corrected chi connectivity index (χ3v) is 2.32. The maximum atomic E-state index is 3.87. The zero-order valence-electron chi connectivity index (χ0n) is 4.40. The lowest BCUT2D eigenvalue weighted by Gasteiger charge is -1.86. The summed E-state index contributed by atoms with van der Waals surface area (Å²) in [5.41, 5.74) is 0. The van der Waals surface area contributed by atoms with Crippen molar-refractivity contribution in [2.24, 2.45) is 0 Å². The highest BCUT2D eigenvalue weighted by Gasteiger charge is 1.84. The molecule has 0 radical (unpaired) electrons. The van der Waals surface area contributed by atoms with Crippen LogP contribution in [0.15, 0.2) is 17.8 Å². The second kappa shape index (κ2) is 2.78. The van der Waals surface area contributed by atoms with Crippen molar-refractivity contribution in [2.75, 3.05) is 0 Å². The van der Waals surface area contributed by atoms with Crippen LogP contribution in [-0.4, -0.2) is 24.3 Å². The van der Waals surface area contributed by atoms with Crippen molar-refractivity contribution in [3.05, 3.63) is 12.7 Å². The summed E-state index contributed by atoms with van der Waals surface area (Å²) in [6, 6.07) is 0. The van der Waals surface area contributed by atoms with Crippen LogP contribution >= 0.6 is 11.2 Å². The second-order valence-corrected chi connectivity index (χ2v) is 3.12. The molecule has 42 valence electrons. The Bertz CT molecular complexity index is 156. The molecule has 0 unspecified atom stereocenters. The van der Waals surface area contributed by atoms with Gasteiger partial charge in [0.2, 0.25) is 0 Å². The molecule has 0 saturated carbocycles. The number of nitrogens with zero attached hydrogens (tertiary/aromatic N) is 3. The van der Waals surface area contributed by atoms with Gasteiger partial charge in [-0.3, -0.25) is 0 Å². The Morgan fingerprint density at radius 3 is 2.38 bits per heavy atom. The average Bonchev–Trinajstić information content (AvgIpc) is 1.90. The standard InChI is InChI=1S/C3H5N3SSi/c8-7-3-5-1-4-2-6-3/h1-2H,8H3. The molecule has 0 amide bonds. The summed E-state index contributed by atoms with van der Waals surface area (Å²) in [6.07, 6.45) is 3.01. The zero-order valence-corrected chi connectivity index (χ0v) is 7.22. The largest absolute Gasteiger partial charge is 0.225 e. The molecule has 1 aromatic heterocycles. The molecule has 0 atom stereocenters. The van der Waals surface area contributed by atoms with Gasteiger partial charge in [-0.1, -0.05) is 0 Å². The van der Waals surface area contributed by atoms with E-state index in [4.69, 9.17) is 0 Å². The monoisotopic (exact) mass is 143 g/mol. The summed E-state index contributed by atoms with van der Waals surface area (Å²) in [7, 11) is 1.04. The van der Waals surface area contributed by atoms with E-state index >= 15 is 0 Å². The van der Waals surface area contributed by atoms with E-state index in [1.807, 2.05) is 0 Å². The van der Waals surface area contributed by atoms with Gasteiger partial charge < -0.3 is 0 Å². The van der Waals surface area contributed by atoms with Crippen molar-refractivity contribution in [1.29, 1.82) is 0 Å². The van der Waals surface area contributed by atoms with Crippen molar-refractivity contribution in [3.8, 4) is 0 Å². The summed E-state index contributed by atoms with van der Waals surface area (Å²) < 4.78 is 0. The Morgan fingerprint density at radius 2 is 2.00 bits per heavy atom. The van der Waals surface area contributed by atoms with Crippen molar-refractivity contribution < 1.29 is 0 Å². The normalized spacial score (nSPS) is 9.50. The smallest absolute Gasteiger partial charge is 0.183 e. The lowest BCUT2D eigenvalue weighted by molar-refractivity contribution is 0.906. The van der Waals surface area contributed by atoms with E-state index in [1.54, 1.807) is 11.2 Å². The Morgan fingerprint density at radius 1 is 1.38 bits per heavy atom. The van der Waals surface area contributed by atoms with Crippen LogP contribution in [0.4, 0.5) is 0 Å². The molecule has 0 N–H and O–H groups in total. The van der Waals surface area contributed by atoms with Gasteiger partial charge in [0, 0.05) is 0 Å². The molecule has 0 fully saturated rings. The van der Waals surface area contributed by atoms with E-state index < -0.39 is 0 Å². The van der Waals surface area contributed by atoms with E-state index in [0.29, 0.717) is 0 Å². The van der Waals surface area contributed by atoms with Gasteiger partial charge in [-0.05, 0) is 0 Å². The van der Waals surface area contributed by atoms with Gasteiger partial charge in [0.1, 0.15) is 12.7 Å². The first kappa shape index (κ1) is 5.71. The number of rotatable bonds is 1. The highest BCUT2D eigenvalue weighted by atomic mass is 32.4. The Kier molecular flexibility index (Phi) is 1.98. The molecule has 0 bridgehead atoms. The lowest BCUT2D eigenvalue weighted by atomic mass is 11.1. The fourth-order valence-electron chi connectivity index (χ4n) is 0.334. The summed E-state index contributed by atoms with van der Waals surface area (Å²) in [4.78, 5) is 11.4. The quantitative estimate of drug-likeness (QED) is 0.485. The zero-order chi connectivity index (χ0) is 5.82. The number of hydrogen-bond donors (Lipinski definition) is 0. The molecule has 1 rings (SSSR count). The summed E-state index contributed by atoms with van der Waals surface area (Å²) in [6.45, 7) is 0. The van der Waals surface area contributed by atoms with E-state index in [0.717, 1.165) is 14.5 Å². The molecule has 5 heteroatoms. The first-order valence-corrected chi connectivity index (χ1v) is 5.77. The first-order valence-electron chi connectivity index (χ1n) is 2.09. The molecular formula is C3H5N3SSi. The fourth-order valence-corrected chi connectivity index (χ4v) is 1.27. The van der Waals surface area contributed by atoms with Gasteiger partial charge in [-0.25, -0.2) is 15.0 Å². The van der Waals surface area contributed by atoms with Gasteiger partial charge in [-0.2, -0.15) is 0 Å². The Labute approximate surface area is 54.0 Å². The van der Waals surface area contributed by atoms with Crippen molar-refractivity contribution in [2.45, 2.75) is 5.16 Å². The SMILES string of the molecule is [SiH3]Sc1ncncn1. The van der Waals surface area contributed by atoms with Crippen LogP contribution in [0.25, 0.3) is 0 Å². The van der Waals surface area contributed by atoms with E-state index in [1.165, 1.54) is 12.7 Å². The van der Waals surface area contributed by atoms with Gasteiger partial charge in [-0.15, -0.1) is 11.2 Å². The van der Waals surface area contributed by atoms with Crippen LogP contribution in [0, 0.1) is 0 Å². The molecule has 1 aromatic rings. The van der Waals surface area contributed by atoms with E-state index in [2.05, 4.69) is 15.0 Å². The minimum Gasteiger partial charge on any atom is -0.225 e. The highest BCUT2D eigenvalue weighted by Crippen LogP contribution is 2.00. The molecule has 1 heterocycles. The van der Waals surface area contributed by atoms with E-state index in [9.17, 15) is 0 Å². The fraction of sp³-hybridized carbons (Fsp3) is 0. The second-order valence-electron chi connectivity index (χ2n) is 1.12. The number of aromatic nitrogens is 3. The molecule has 0 aliphatic carbocycles. The average molecular weight is 143 g/mol. The summed E-state index contributed by atoms with van der Waals surface area (Å²) in [5, 5.41) is 0.826. The summed E-state index contributed by atoms with van der Waals surface area (Å²) in [5.74, 6) is 0. The molecular weight excluding hydrogens is 138 g/mol. The molecule has 8 heavy (non-hydrogen) atoms. The first-order chi connectivity index (χ1) is 3.93. The third-order valence-electron chi connectivity index (χ3n) is 0.652. The van der Waals surface area contributed by atoms with Gasteiger partial charge in [0.05, 0.1) is 9.39 Å². The topological polar surface area (TPSA) is 38.7 Å². The van der Waals surface area contributed by atoms with Crippen molar-refractivity contribution in [1.82, 2.24) is 15.0 Å². The van der Waals surface area contributed by atoms with Crippen molar-refractivity contribution >= 4 is 20.6 Å². The van der Waals surface area contributed by atoms with Crippen LogP contribution in [0.1, 0.15) is 0 Å². The van der Waals surface area contributed by atoms with Crippen molar-refractivity contribution in [3.63, 3.8) is 0 Å². The maximum absolute atomic E-state index is 3.87. The summed E-state index contributed by atoms with van der Waals surface area (Å²) >= 11 is 1.65. The highest BCUT2D eigenvalue weighted by molar-refractivity contribution is 8.19. The number of hydrogen-bond acceptors (Lipinski definition) is 4. The predicted molar refractivity (Wildman–Crippen MR) is 35.6 cm³/mol. The lowest BCUT2D eigenvalue weighted by Crippen LogP contribution is -1.83. The minimum atomic E-state index is 0.826. The van der Waals surface area contributed by atoms with Crippen LogP contribution in [0.5, 0.6) is 0 Å². The maximum Gasteiger partial charge on any atom is 0.183 e. The van der Waals surface area contributed by atoms with Crippen LogP contribution in [0.2, 0.25) is 0 Å². The van der Waals surface area contributed by atoms with Crippen LogP contribution in [0.3, 0.4) is 0 Å². The molecule has 0 spiro atoms. The van der Waals surface area contributed by atoms with Crippen LogP contribution in [-0.2, 0) is 0 Å². The Balaban J connectivity index is 2.83. The Hall–Kier alpha value is -0.423. The van der Waals surface area contributed by atoms with Gasteiger partial charge >= 0.3 is 0 Å². The molecule has 0 aliphatic heterocycles. The molecule has 0 saturated heterocycles. The predicted octanol–water partition coefficient (Wildman–Crippen LogP) is -0.756. The molecule has 0 aromatic carbocycles.